The molecular formula is C29H30N8O3. The number of likely N-dealkylation sites (tertiary alicyclic amines) is 1. The molecular weight excluding hydrogens is 508 g/mol. The largest absolute Gasteiger partial charge is 0.349 e. The minimum atomic E-state index is -1.47. The summed E-state index contributed by atoms with van der Waals surface area (Å²) in [6.45, 7) is 7.47. The number of benzene rings is 1. The van der Waals surface area contributed by atoms with Crippen molar-refractivity contribution < 1.29 is 14.4 Å². The summed E-state index contributed by atoms with van der Waals surface area (Å²) in [6, 6.07) is 6.67. The van der Waals surface area contributed by atoms with Gasteiger partial charge in [0.05, 0.1) is 24.3 Å². The number of amides is 2. The molecule has 40 heavy (non-hydrogen) atoms. The monoisotopic (exact) mass is 538 g/mol. The summed E-state index contributed by atoms with van der Waals surface area (Å²) >= 11 is 0. The third-order valence-electron chi connectivity index (χ3n) is 8.47. The van der Waals surface area contributed by atoms with Crippen molar-refractivity contribution in [2.75, 3.05) is 0 Å². The van der Waals surface area contributed by atoms with Gasteiger partial charge in [0, 0.05) is 35.8 Å². The Morgan fingerprint density at radius 2 is 1.88 bits per heavy atom. The molecule has 0 bridgehead atoms. The Balaban J connectivity index is 1.29. The van der Waals surface area contributed by atoms with Gasteiger partial charge in [0.15, 0.2) is 11.3 Å². The van der Waals surface area contributed by atoms with E-state index in [-0.39, 0.29) is 42.0 Å². The fourth-order valence-electron chi connectivity index (χ4n) is 6.03. The van der Waals surface area contributed by atoms with Gasteiger partial charge in [-0.15, -0.1) is 0 Å². The van der Waals surface area contributed by atoms with E-state index in [1.165, 1.54) is 6.92 Å². The molecule has 2 aliphatic heterocycles. The van der Waals surface area contributed by atoms with Crippen molar-refractivity contribution in [1.82, 2.24) is 30.4 Å². The van der Waals surface area contributed by atoms with E-state index in [1.807, 2.05) is 26.0 Å². The van der Waals surface area contributed by atoms with Crippen molar-refractivity contribution in [3.8, 4) is 11.1 Å². The molecule has 2 fully saturated rings. The topological polar surface area (TPSA) is 143 Å². The zero-order chi connectivity index (χ0) is 28.2. The number of carbonyl (C=O) groups excluding carboxylic acids is 3. The Labute approximate surface area is 231 Å². The van der Waals surface area contributed by atoms with Gasteiger partial charge in [-0.05, 0) is 74.4 Å². The molecule has 1 N–H and O–H groups in total. The molecule has 0 radical (unpaired) electrons. The smallest absolute Gasteiger partial charge is 0.243 e. The average molecular weight is 539 g/mol. The molecule has 0 spiro atoms. The van der Waals surface area contributed by atoms with Gasteiger partial charge in [-0.1, -0.05) is 6.92 Å². The van der Waals surface area contributed by atoms with E-state index < -0.39 is 11.6 Å². The van der Waals surface area contributed by atoms with E-state index in [0.29, 0.717) is 29.2 Å². The van der Waals surface area contributed by atoms with E-state index in [9.17, 15) is 14.4 Å². The van der Waals surface area contributed by atoms with Crippen LogP contribution in [-0.4, -0.2) is 54.7 Å². The number of hydrogen-bond donors (Lipinski definition) is 1. The zero-order valence-corrected chi connectivity index (χ0v) is 22.9. The molecule has 11 heteroatoms. The average Bonchev–Trinajstić information content (AvgIpc) is 3.29. The van der Waals surface area contributed by atoms with Crippen LogP contribution in [0.4, 0.5) is 5.69 Å². The van der Waals surface area contributed by atoms with Gasteiger partial charge >= 0.3 is 0 Å². The van der Waals surface area contributed by atoms with Crippen molar-refractivity contribution >= 4 is 23.3 Å². The van der Waals surface area contributed by atoms with Crippen molar-refractivity contribution in [1.29, 1.82) is 0 Å². The maximum Gasteiger partial charge on any atom is 0.243 e. The molecule has 2 amide bonds. The summed E-state index contributed by atoms with van der Waals surface area (Å²) in [5, 5.41) is 19.6. The SMILES string of the molecule is CC(=O)C1(CC(=O)N2[C@H](C(=O)NCc3cccnn3)C[C@@]3(C)C[C@@H]23)N=Nc2c(C)cc(-c3cnc(C)nc3)cc21. The fraction of sp³-hybridized carbons (Fsp3) is 0.414. The van der Waals surface area contributed by atoms with E-state index in [2.05, 4.69) is 42.6 Å². The lowest BCUT2D eigenvalue weighted by Gasteiger charge is -2.30. The predicted molar refractivity (Wildman–Crippen MR) is 144 cm³/mol. The zero-order valence-electron chi connectivity index (χ0n) is 22.9. The van der Waals surface area contributed by atoms with Crippen LogP contribution in [0.2, 0.25) is 0 Å². The molecule has 1 saturated heterocycles. The van der Waals surface area contributed by atoms with Crippen LogP contribution in [0.3, 0.4) is 0 Å². The number of rotatable bonds is 7. The summed E-state index contributed by atoms with van der Waals surface area (Å²) < 4.78 is 0. The number of aryl methyl sites for hydroxylation is 2. The van der Waals surface area contributed by atoms with Crippen molar-refractivity contribution in [2.24, 2.45) is 15.6 Å². The maximum atomic E-state index is 14.0. The third-order valence-corrected chi connectivity index (χ3v) is 8.47. The Morgan fingerprint density at radius 3 is 2.58 bits per heavy atom. The Morgan fingerprint density at radius 1 is 1.10 bits per heavy atom. The number of nitrogens with one attached hydrogen (secondary N) is 1. The molecule has 1 aliphatic carbocycles. The summed E-state index contributed by atoms with van der Waals surface area (Å²) in [5.74, 6) is -0.144. The molecule has 1 saturated carbocycles. The van der Waals surface area contributed by atoms with E-state index in [1.54, 1.807) is 35.6 Å². The number of fused-ring (bicyclic) bond motifs is 2. The Bertz CT molecular complexity index is 1560. The van der Waals surface area contributed by atoms with Crippen molar-refractivity contribution in [2.45, 2.75) is 71.1 Å². The normalized spacial score (nSPS) is 25.9. The summed E-state index contributed by atoms with van der Waals surface area (Å²) in [5.41, 5.74) is 2.68. The first kappa shape index (κ1) is 25.8. The predicted octanol–water partition coefficient (Wildman–Crippen LogP) is 3.52. The van der Waals surface area contributed by atoms with Crippen LogP contribution in [-0.2, 0) is 26.5 Å². The van der Waals surface area contributed by atoms with Crippen LogP contribution in [0.1, 0.15) is 55.8 Å². The highest BCUT2D eigenvalue weighted by Crippen LogP contribution is 2.60. The number of aromatic nitrogens is 4. The molecule has 2 aromatic heterocycles. The molecule has 204 valence electrons. The number of nitrogens with zero attached hydrogens (tertiary/aromatic N) is 7. The van der Waals surface area contributed by atoms with Gasteiger partial charge in [0.25, 0.3) is 0 Å². The molecule has 1 aromatic carbocycles. The Kier molecular flexibility index (Phi) is 6.04. The number of hydrogen-bond acceptors (Lipinski definition) is 9. The standard InChI is InChI=1S/C29H30N8O3/c1-16-8-19(20-13-30-18(3)31-14-20)9-22-26(16)35-36-29(22,17(2)38)12-25(39)37-23(10-28(4)11-24(28)37)27(40)32-15-21-6-5-7-33-34-21/h5-9,13-14,23-24H,10-12,15H2,1-4H3,(H,32,40)/t23-,24+,28-,29?/m0/s1. The number of carbonyl (C=O) groups is 3. The van der Waals surface area contributed by atoms with Crippen LogP contribution in [0, 0.1) is 19.3 Å². The van der Waals surface area contributed by atoms with E-state index >= 15 is 0 Å². The van der Waals surface area contributed by atoms with Crippen LogP contribution in [0.25, 0.3) is 11.1 Å². The van der Waals surface area contributed by atoms with Crippen LogP contribution in [0.15, 0.2) is 53.1 Å². The molecule has 4 atom stereocenters. The first-order chi connectivity index (χ1) is 19.1. The summed E-state index contributed by atoms with van der Waals surface area (Å²) in [6.07, 6.45) is 6.23. The number of azo groups is 1. The minimum Gasteiger partial charge on any atom is -0.349 e. The number of ketones is 1. The van der Waals surface area contributed by atoms with Gasteiger partial charge in [0.2, 0.25) is 11.8 Å². The van der Waals surface area contributed by atoms with Crippen molar-refractivity contribution in [3.63, 3.8) is 0 Å². The Hall–Kier alpha value is -4.41. The summed E-state index contributed by atoms with van der Waals surface area (Å²) in [4.78, 5) is 50.8. The second kappa shape index (κ2) is 9.35. The lowest BCUT2D eigenvalue weighted by Crippen LogP contribution is -2.49. The van der Waals surface area contributed by atoms with E-state index in [0.717, 1.165) is 23.1 Å². The van der Waals surface area contributed by atoms with Crippen molar-refractivity contribution in [3.05, 3.63) is 65.5 Å². The number of Topliss-reactive ketones (excluding diaryl/α,β-unsaturated/α-hetero) is 1. The lowest BCUT2D eigenvalue weighted by molar-refractivity contribution is -0.142. The van der Waals surface area contributed by atoms with Crippen LogP contribution in [0.5, 0.6) is 0 Å². The van der Waals surface area contributed by atoms with Gasteiger partial charge in [0.1, 0.15) is 11.9 Å². The highest BCUT2D eigenvalue weighted by atomic mass is 16.2. The van der Waals surface area contributed by atoms with Gasteiger partial charge in [-0.25, -0.2) is 9.97 Å². The van der Waals surface area contributed by atoms with Gasteiger partial charge in [-0.2, -0.15) is 20.4 Å². The molecule has 3 aromatic rings. The van der Waals surface area contributed by atoms with Crippen LogP contribution < -0.4 is 5.32 Å². The van der Waals surface area contributed by atoms with Gasteiger partial charge in [-0.3, -0.25) is 14.4 Å². The molecule has 1 unspecified atom stereocenters. The van der Waals surface area contributed by atoms with E-state index in [4.69, 9.17) is 0 Å². The quantitative estimate of drug-likeness (QED) is 0.485. The second-order valence-corrected chi connectivity index (χ2v) is 11.3. The first-order valence-corrected chi connectivity index (χ1v) is 13.3. The second-order valence-electron chi connectivity index (χ2n) is 11.3. The molecule has 11 nitrogen and oxygen atoms in total. The highest BCUT2D eigenvalue weighted by Gasteiger charge is 2.65. The molecule has 3 aliphatic rings. The molecule has 6 rings (SSSR count). The van der Waals surface area contributed by atoms with Crippen LogP contribution >= 0.6 is 0 Å². The lowest BCUT2D eigenvalue weighted by atomic mass is 9.81. The first-order valence-electron chi connectivity index (χ1n) is 13.3. The number of piperidine rings is 1. The minimum absolute atomic E-state index is 0.0492. The highest BCUT2D eigenvalue weighted by molar-refractivity contribution is 5.98. The third kappa shape index (κ3) is 4.25. The summed E-state index contributed by atoms with van der Waals surface area (Å²) in [7, 11) is 0. The molecule has 4 heterocycles. The van der Waals surface area contributed by atoms with Gasteiger partial charge < -0.3 is 10.2 Å². The maximum absolute atomic E-state index is 14.0. The fourth-order valence-corrected chi connectivity index (χ4v) is 6.03.